The van der Waals surface area contributed by atoms with Crippen molar-refractivity contribution in [2.75, 3.05) is 30.0 Å². The molecule has 2 aromatic heterocycles. The van der Waals surface area contributed by atoms with Gasteiger partial charge in [0.2, 0.25) is 0 Å². The Labute approximate surface area is 323 Å². The van der Waals surface area contributed by atoms with Crippen molar-refractivity contribution >= 4 is 67.1 Å². The molecule has 0 aliphatic heterocycles. The molecule has 0 radical (unpaired) electrons. The molecule has 20 nitrogen and oxygen atoms in total. The number of nitrogens with zero attached hydrogens (tertiary/aromatic N) is 5. The fraction of sp³-hybridized carbons (Fsp3) is 0.353. The highest BCUT2D eigenvalue weighted by Crippen LogP contribution is 2.21. The van der Waals surface area contributed by atoms with Gasteiger partial charge in [-0.1, -0.05) is 32.3 Å². The first kappa shape index (κ1) is 46.6. The molecule has 2 aromatic carbocycles. The summed E-state index contributed by atoms with van der Waals surface area (Å²) in [6, 6.07) is 17.9. The van der Waals surface area contributed by atoms with Crippen LogP contribution in [0.25, 0.3) is 11.0 Å². The molecule has 22 heteroatoms. The lowest BCUT2D eigenvalue weighted by Gasteiger charge is -2.21. The van der Waals surface area contributed by atoms with Gasteiger partial charge in [-0.15, -0.1) is 0 Å². The van der Waals surface area contributed by atoms with Crippen molar-refractivity contribution in [3.8, 4) is 0 Å². The van der Waals surface area contributed by atoms with Crippen LogP contribution in [-0.2, 0) is 48.7 Å². The molecule has 7 N–H and O–H groups in total. The lowest BCUT2D eigenvalue weighted by molar-refractivity contribution is -0.142. The normalized spacial score (nSPS) is 11.4. The van der Waals surface area contributed by atoms with Gasteiger partial charge in [0, 0.05) is 36.6 Å². The number of nitrogens with one attached hydrogen (secondary N) is 1. The monoisotopic (exact) mass is 823 g/mol. The quantitative estimate of drug-likeness (QED) is 0.0320. The summed E-state index contributed by atoms with van der Waals surface area (Å²) in [7, 11) is -7.42. The number of aryl methyl sites for hydroxylation is 1. The van der Waals surface area contributed by atoms with Crippen LogP contribution >= 0.6 is 0 Å². The zero-order valence-electron chi connectivity index (χ0n) is 30.8. The van der Waals surface area contributed by atoms with E-state index in [1.807, 2.05) is 29.8 Å². The van der Waals surface area contributed by atoms with Gasteiger partial charge in [-0.25, -0.2) is 14.8 Å². The van der Waals surface area contributed by atoms with E-state index in [9.17, 15) is 14.4 Å². The first-order valence-corrected chi connectivity index (χ1v) is 19.7. The summed E-state index contributed by atoms with van der Waals surface area (Å²) < 4.78 is 75.3. The summed E-state index contributed by atoms with van der Waals surface area (Å²) in [4.78, 5) is 52.0. The number of benzene rings is 2. The number of hydrogen-bond acceptors (Lipinski definition) is 12. The minimum atomic E-state index is -4.67. The van der Waals surface area contributed by atoms with Crippen molar-refractivity contribution < 1.29 is 58.9 Å². The van der Waals surface area contributed by atoms with Crippen molar-refractivity contribution in [1.29, 1.82) is 0 Å². The molecule has 56 heavy (non-hydrogen) atoms. The average Bonchev–Trinajstić information content (AvgIpc) is 3.44. The summed E-state index contributed by atoms with van der Waals surface area (Å²) in [5, 5.41) is 3.35. The second kappa shape index (κ2) is 22.8. The Hall–Kier alpha value is -5.52. The van der Waals surface area contributed by atoms with Gasteiger partial charge in [0.05, 0.1) is 37.2 Å². The molecule has 4 aromatic rings. The van der Waals surface area contributed by atoms with Crippen LogP contribution in [0.5, 0.6) is 0 Å². The Morgan fingerprint density at radius 3 is 2.12 bits per heavy atom. The number of anilines is 2. The molecule has 2 amide bonds. The van der Waals surface area contributed by atoms with E-state index in [2.05, 4.69) is 22.2 Å². The Morgan fingerprint density at radius 2 is 1.54 bits per heavy atom. The van der Waals surface area contributed by atoms with Crippen molar-refractivity contribution in [3.63, 3.8) is 0 Å². The number of unbranched alkanes of at least 4 members (excludes halogenated alkanes) is 3. The number of hydrogen-bond donors (Lipinski definition) is 6. The molecular formula is C34H45N7O13S2. The van der Waals surface area contributed by atoms with Crippen LogP contribution in [0.4, 0.5) is 16.3 Å². The SMILES string of the molecule is CCCCCCOC(=O)/N=C(\N)c1ccc(NCc2nc3cc(C(=O)N(CCC(=O)OCC)c4ccccn4)ccc3n2C)cc1.O=S(=O)(O)O.O=S(=O)(O)O. The first-order valence-electron chi connectivity index (χ1n) is 16.9. The second-order valence-electron chi connectivity index (χ2n) is 11.5. The molecule has 0 fully saturated rings. The number of amidine groups is 1. The zero-order valence-corrected chi connectivity index (χ0v) is 32.4. The van der Waals surface area contributed by atoms with Crippen molar-refractivity contribution in [2.24, 2.45) is 17.8 Å². The third-order valence-electron chi connectivity index (χ3n) is 7.30. The Morgan fingerprint density at radius 1 is 0.893 bits per heavy atom. The molecule has 2 heterocycles. The molecule has 0 atom stereocenters. The van der Waals surface area contributed by atoms with Crippen LogP contribution in [0.15, 0.2) is 71.9 Å². The van der Waals surface area contributed by atoms with Crippen molar-refractivity contribution in [2.45, 2.75) is 52.5 Å². The maximum atomic E-state index is 13.6. The minimum absolute atomic E-state index is 0.0455. The molecule has 0 aliphatic carbocycles. The standard InChI is InChI=1S/C34H41N7O5.2H2O4S/c1-4-6-7-10-21-46-34(44)39-32(35)24-12-15-26(16-13-24)37-23-30-38-27-22-25(14-17-28(27)40(30)3)33(43)41(20-18-31(42)45-5-2)29-11-8-9-19-36-29;2*1-5(2,3)4/h8-9,11-17,19,22,37H,4-7,10,18,20-21,23H2,1-3H3,(H2,35,39,44);2*(H2,1,2,3,4). The number of aromatic nitrogens is 3. The fourth-order valence-electron chi connectivity index (χ4n) is 4.79. The fourth-order valence-corrected chi connectivity index (χ4v) is 4.79. The largest absolute Gasteiger partial charge is 0.466 e. The highest BCUT2D eigenvalue weighted by atomic mass is 32.3. The van der Waals surface area contributed by atoms with E-state index < -0.39 is 26.9 Å². The van der Waals surface area contributed by atoms with Crippen LogP contribution in [0.1, 0.15) is 67.7 Å². The number of ether oxygens (including phenoxy) is 2. The number of amides is 2. The topological polar surface area (TPSA) is 303 Å². The summed E-state index contributed by atoms with van der Waals surface area (Å²) in [6.07, 6.45) is 4.99. The summed E-state index contributed by atoms with van der Waals surface area (Å²) in [5.41, 5.74) is 9.40. The Bertz CT molecular complexity index is 2100. The number of pyridine rings is 1. The molecule has 0 aliphatic rings. The van der Waals surface area contributed by atoms with Gasteiger partial charge in [-0.3, -0.25) is 32.7 Å². The molecule has 0 bridgehead atoms. The number of aliphatic imine (C=N–C) groups is 1. The van der Waals surface area contributed by atoms with Crippen molar-refractivity contribution in [1.82, 2.24) is 14.5 Å². The summed E-state index contributed by atoms with van der Waals surface area (Å²) >= 11 is 0. The molecule has 306 valence electrons. The number of rotatable bonds is 15. The second-order valence-corrected chi connectivity index (χ2v) is 13.3. The van der Waals surface area contributed by atoms with E-state index in [4.69, 9.17) is 55.2 Å². The van der Waals surface area contributed by atoms with Gasteiger partial charge in [-0.05, 0) is 67.9 Å². The van der Waals surface area contributed by atoms with E-state index >= 15 is 0 Å². The van der Waals surface area contributed by atoms with E-state index in [1.54, 1.807) is 55.6 Å². The van der Waals surface area contributed by atoms with E-state index in [1.165, 1.54) is 4.90 Å². The van der Waals surface area contributed by atoms with E-state index in [-0.39, 0.29) is 37.3 Å². The lowest BCUT2D eigenvalue weighted by atomic mass is 10.1. The van der Waals surface area contributed by atoms with Gasteiger partial charge in [-0.2, -0.15) is 21.8 Å². The third kappa shape index (κ3) is 18.2. The van der Waals surface area contributed by atoms with Gasteiger partial charge in [0.1, 0.15) is 17.5 Å². The highest BCUT2D eigenvalue weighted by Gasteiger charge is 2.21. The smallest absolute Gasteiger partial charge is 0.435 e. The van der Waals surface area contributed by atoms with Gasteiger partial charge >= 0.3 is 32.9 Å². The maximum absolute atomic E-state index is 13.6. The molecule has 4 rings (SSSR count). The Kier molecular flexibility index (Phi) is 19.0. The highest BCUT2D eigenvalue weighted by molar-refractivity contribution is 7.80. The average molecular weight is 824 g/mol. The minimum Gasteiger partial charge on any atom is -0.466 e. The number of fused-ring (bicyclic) bond motifs is 1. The predicted molar refractivity (Wildman–Crippen MR) is 206 cm³/mol. The number of carbonyl (C=O) groups is 3. The number of esters is 1. The molecule has 0 unspecified atom stereocenters. The van der Waals surface area contributed by atoms with Gasteiger partial charge in [0.25, 0.3) is 5.91 Å². The van der Waals surface area contributed by atoms with Crippen LogP contribution in [0.3, 0.4) is 0 Å². The maximum Gasteiger partial charge on any atom is 0.435 e. The molecule has 0 saturated heterocycles. The number of carbonyl (C=O) groups excluding carboxylic acids is 3. The zero-order chi connectivity index (χ0) is 41.9. The van der Waals surface area contributed by atoms with Gasteiger partial charge < -0.3 is 25.1 Å². The van der Waals surface area contributed by atoms with E-state index in [0.29, 0.717) is 35.6 Å². The predicted octanol–water partition coefficient (Wildman–Crippen LogP) is 4.30. The summed E-state index contributed by atoms with van der Waals surface area (Å²) in [5.74, 6) is 0.620. The number of imidazole rings is 1. The molecular weight excluding hydrogens is 779 g/mol. The van der Waals surface area contributed by atoms with Crippen LogP contribution in [0.2, 0.25) is 0 Å². The molecule has 0 saturated carbocycles. The van der Waals surface area contributed by atoms with Crippen molar-refractivity contribution in [3.05, 3.63) is 83.8 Å². The first-order chi connectivity index (χ1) is 26.3. The summed E-state index contributed by atoms with van der Waals surface area (Å²) in [6.45, 7) is 5.02. The Balaban J connectivity index is 0.000000961. The van der Waals surface area contributed by atoms with Crippen LogP contribution in [0, 0.1) is 0 Å². The van der Waals surface area contributed by atoms with E-state index in [0.717, 1.165) is 42.7 Å². The van der Waals surface area contributed by atoms with Gasteiger partial charge in [0.15, 0.2) is 0 Å². The van der Waals surface area contributed by atoms with Crippen LogP contribution in [-0.4, -0.2) is 93.1 Å². The molecule has 0 spiro atoms. The third-order valence-corrected chi connectivity index (χ3v) is 7.30. The van der Waals surface area contributed by atoms with Crippen LogP contribution < -0.4 is 16.0 Å². The number of nitrogens with two attached hydrogens (primary N) is 1. The lowest BCUT2D eigenvalue weighted by Crippen LogP contribution is -2.34.